The molecule has 1 heterocycles. The zero-order valence-electron chi connectivity index (χ0n) is 14.5. The summed E-state index contributed by atoms with van der Waals surface area (Å²) in [6, 6.07) is 12.9. The van der Waals surface area contributed by atoms with Crippen molar-refractivity contribution < 1.29 is 14.3 Å². The molecule has 0 fully saturated rings. The Morgan fingerprint density at radius 3 is 2.48 bits per heavy atom. The molecule has 4 nitrogen and oxygen atoms in total. The zero-order chi connectivity index (χ0) is 18.1. The molecule has 3 aromatic rings. The quantitative estimate of drug-likeness (QED) is 0.724. The van der Waals surface area contributed by atoms with Gasteiger partial charge in [-0.3, -0.25) is 4.79 Å². The Labute approximate surface area is 145 Å². The van der Waals surface area contributed by atoms with Crippen LogP contribution < -0.4 is 5.63 Å². The molecule has 2 aromatic carbocycles. The number of Topliss-reactive ketones (excluding diaryl/α,β-unsaturated/α-hetero) is 1. The minimum atomic E-state index is -0.606. The molecule has 1 N–H and O–H groups in total. The Morgan fingerprint density at radius 1 is 1.16 bits per heavy atom. The summed E-state index contributed by atoms with van der Waals surface area (Å²) in [5, 5.41) is 11.4. The highest BCUT2D eigenvalue weighted by Gasteiger charge is 2.26. The molecule has 0 amide bonds. The van der Waals surface area contributed by atoms with Crippen LogP contribution in [0, 0.1) is 13.8 Å². The van der Waals surface area contributed by atoms with E-state index in [9.17, 15) is 14.7 Å². The summed E-state index contributed by atoms with van der Waals surface area (Å²) in [4.78, 5) is 24.4. The molecule has 3 rings (SSSR count). The molecular formula is C21H20O4. The van der Waals surface area contributed by atoms with Gasteiger partial charge < -0.3 is 9.52 Å². The third-order valence-corrected chi connectivity index (χ3v) is 4.40. The van der Waals surface area contributed by atoms with Crippen LogP contribution in [0.2, 0.25) is 0 Å². The number of rotatable bonds is 4. The standard InChI is InChI=1S/C21H20O4/c1-12-9-13(2)18-17(10-12)25-21(24)19(20(18)23)16(11-14(3)22)15-7-5-4-6-8-15/h4-10,16,23H,11H2,1-3H3/t16-/m0/s1. The Hall–Kier alpha value is -2.88. The number of benzene rings is 2. The van der Waals surface area contributed by atoms with Crippen LogP contribution in [0.4, 0.5) is 0 Å². The van der Waals surface area contributed by atoms with Crippen LogP contribution in [0.25, 0.3) is 11.0 Å². The lowest BCUT2D eigenvalue weighted by atomic mass is 9.86. The SMILES string of the molecule is CC(=O)C[C@@H](c1ccccc1)c1c(O)c2c(C)cc(C)cc2oc1=O. The van der Waals surface area contributed by atoms with Crippen molar-refractivity contribution in [2.24, 2.45) is 0 Å². The fourth-order valence-electron chi connectivity index (χ4n) is 3.37. The number of hydrogen-bond donors (Lipinski definition) is 1. The topological polar surface area (TPSA) is 67.5 Å². The van der Waals surface area contributed by atoms with Crippen molar-refractivity contribution in [3.8, 4) is 5.75 Å². The highest BCUT2D eigenvalue weighted by molar-refractivity contribution is 5.88. The molecule has 0 radical (unpaired) electrons. The van der Waals surface area contributed by atoms with Crippen LogP contribution in [0.1, 0.15) is 41.5 Å². The largest absolute Gasteiger partial charge is 0.507 e. The van der Waals surface area contributed by atoms with Gasteiger partial charge in [0.2, 0.25) is 0 Å². The fraction of sp³-hybridized carbons (Fsp3) is 0.238. The molecule has 0 saturated carbocycles. The van der Waals surface area contributed by atoms with E-state index in [1.807, 2.05) is 50.2 Å². The van der Waals surface area contributed by atoms with E-state index < -0.39 is 11.5 Å². The lowest BCUT2D eigenvalue weighted by molar-refractivity contribution is -0.117. The molecule has 0 saturated heterocycles. The fourth-order valence-corrected chi connectivity index (χ4v) is 3.37. The molecule has 0 bridgehead atoms. The van der Waals surface area contributed by atoms with Crippen molar-refractivity contribution in [3.05, 3.63) is 75.1 Å². The highest BCUT2D eigenvalue weighted by Crippen LogP contribution is 2.37. The van der Waals surface area contributed by atoms with Gasteiger partial charge in [0.05, 0.1) is 10.9 Å². The second-order valence-corrected chi connectivity index (χ2v) is 6.48. The number of fused-ring (bicyclic) bond motifs is 1. The molecule has 0 aliphatic carbocycles. The van der Waals surface area contributed by atoms with Crippen molar-refractivity contribution in [2.75, 3.05) is 0 Å². The maximum Gasteiger partial charge on any atom is 0.343 e. The predicted molar refractivity (Wildman–Crippen MR) is 97.2 cm³/mol. The first-order valence-electron chi connectivity index (χ1n) is 8.19. The van der Waals surface area contributed by atoms with E-state index in [0.29, 0.717) is 11.0 Å². The summed E-state index contributed by atoms with van der Waals surface area (Å²) in [5.41, 5.74) is 2.46. The Kier molecular flexibility index (Phi) is 4.45. The van der Waals surface area contributed by atoms with E-state index in [0.717, 1.165) is 16.7 Å². The van der Waals surface area contributed by atoms with Crippen LogP contribution in [-0.4, -0.2) is 10.9 Å². The van der Waals surface area contributed by atoms with Gasteiger partial charge in [0, 0.05) is 12.3 Å². The maximum atomic E-state index is 12.6. The molecule has 4 heteroatoms. The van der Waals surface area contributed by atoms with Crippen LogP contribution in [0.5, 0.6) is 5.75 Å². The third kappa shape index (κ3) is 3.20. The van der Waals surface area contributed by atoms with Crippen LogP contribution >= 0.6 is 0 Å². The number of aromatic hydroxyl groups is 1. The van der Waals surface area contributed by atoms with Crippen molar-refractivity contribution in [1.82, 2.24) is 0 Å². The Morgan fingerprint density at radius 2 is 1.84 bits per heavy atom. The lowest BCUT2D eigenvalue weighted by Crippen LogP contribution is -2.16. The molecule has 0 aliphatic rings. The monoisotopic (exact) mass is 336 g/mol. The normalized spacial score (nSPS) is 12.3. The molecule has 0 unspecified atom stereocenters. The van der Waals surface area contributed by atoms with E-state index >= 15 is 0 Å². The zero-order valence-corrected chi connectivity index (χ0v) is 14.5. The van der Waals surface area contributed by atoms with Crippen molar-refractivity contribution >= 4 is 16.8 Å². The van der Waals surface area contributed by atoms with Crippen LogP contribution in [0.15, 0.2) is 51.7 Å². The second kappa shape index (κ2) is 6.55. The van der Waals surface area contributed by atoms with Gasteiger partial charge in [-0.1, -0.05) is 36.4 Å². The summed E-state index contributed by atoms with van der Waals surface area (Å²) in [6.07, 6.45) is 0.124. The molecule has 128 valence electrons. The first-order valence-corrected chi connectivity index (χ1v) is 8.19. The van der Waals surface area contributed by atoms with E-state index in [-0.39, 0.29) is 23.5 Å². The Bertz CT molecular complexity index is 1000. The molecule has 25 heavy (non-hydrogen) atoms. The van der Waals surface area contributed by atoms with E-state index in [1.54, 1.807) is 6.07 Å². The van der Waals surface area contributed by atoms with Gasteiger partial charge in [0.25, 0.3) is 0 Å². The van der Waals surface area contributed by atoms with Gasteiger partial charge >= 0.3 is 5.63 Å². The summed E-state index contributed by atoms with van der Waals surface area (Å²) in [5.74, 6) is -0.702. The third-order valence-electron chi connectivity index (χ3n) is 4.40. The van der Waals surface area contributed by atoms with Gasteiger partial charge in [-0.2, -0.15) is 0 Å². The summed E-state index contributed by atoms with van der Waals surface area (Å²) < 4.78 is 5.49. The summed E-state index contributed by atoms with van der Waals surface area (Å²) in [6.45, 7) is 5.24. The van der Waals surface area contributed by atoms with Gasteiger partial charge in [-0.05, 0) is 43.5 Å². The molecule has 1 aromatic heterocycles. The number of ketones is 1. The van der Waals surface area contributed by atoms with E-state index in [1.165, 1.54) is 6.92 Å². The summed E-state index contributed by atoms with van der Waals surface area (Å²) >= 11 is 0. The maximum absolute atomic E-state index is 12.6. The van der Waals surface area contributed by atoms with Crippen molar-refractivity contribution in [2.45, 2.75) is 33.1 Å². The van der Waals surface area contributed by atoms with Crippen LogP contribution in [-0.2, 0) is 4.79 Å². The molecule has 0 aliphatic heterocycles. The van der Waals surface area contributed by atoms with E-state index in [2.05, 4.69) is 0 Å². The average molecular weight is 336 g/mol. The minimum absolute atomic E-state index is 0.0617. The highest BCUT2D eigenvalue weighted by atomic mass is 16.4. The molecule has 0 spiro atoms. The first kappa shape index (κ1) is 17.0. The van der Waals surface area contributed by atoms with Crippen molar-refractivity contribution in [1.29, 1.82) is 0 Å². The van der Waals surface area contributed by atoms with Gasteiger partial charge in [0.1, 0.15) is 17.1 Å². The van der Waals surface area contributed by atoms with Gasteiger partial charge in [-0.15, -0.1) is 0 Å². The number of hydrogen-bond acceptors (Lipinski definition) is 4. The molecule has 1 atom stereocenters. The van der Waals surface area contributed by atoms with Gasteiger partial charge in [0.15, 0.2) is 0 Å². The van der Waals surface area contributed by atoms with E-state index in [4.69, 9.17) is 4.42 Å². The summed E-state index contributed by atoms with van der Waals surface area (Å²) in [7, 11) is 0. The first-order chi connectivity index (χ1) is 11.9. The van der Waals surface area contributed by atoms with Crippen molar-refractivity contribution in [3.63, 3.8) is 0 Å². The number of carbonyl (C=O) groups excluding carboxylic acids is 1. The number of aryl methyl sites for hydroxylation is 2. The number of carbonyl (C=O) groups is 1. The average Bonchev–Trinajstić information content (AvgIpc) is 2.53. The second-order valence-electron chi connectivity index (χ2n) is 6.48. The predicted octanol–water partition coefficient (Wildman–Crippen LogP) is 4.23. The molecular weight excluding hydrogens is 316 g/mol. The smallest absolute Gasteiger partial charge is 0.343 e. The van der Waals surface area contributed by atoms with Gasteiger partial charge in [-0.25, -0.2) is 4.79 Å². The van der Waals surface area contributed by atoms with Crippen LogP contribution in [0.3, 0.4) is 0 Å². The minimum Gasteiger partial charge on any atom is -0.507 e. The Balaban J connectivity index is 2.31. The lowest BCUT2D eigenvalue weighted by Gasteiger charge is -2.18.